The van der Waals surface area contributed by atoms with Crippen LogP contribution in [0, 0.1) is 0 Å². The second-order valence-corrected chi connectivity index (χ2v) is 5.18. The second-order valence-electron chi connectivity index (χ2n) is 4.27. The van der Waals surface area contributed by atoms with Crippen LogP contribution in [0.4, 0.5) is 0 Å². The van der Waals surface area contributed by atoms with Crippen LogP contribution in [0.5, 0.6) is 5.75 Å². The third-order valence-corrected chi connectivity index (χ3v) is 4.04. The Hall–Kier alpha value is -1.32. The molecule has 0 fully saturated rings. The van der Waals surface area contributed by atoms with E-state index < -0.39 is 0 Å². The molecular weight excluding hydrogens is 230 g/mol. The summed E-state index contributed by atoms with van der Waals surface area (Å²) in [6.07, 6.45) is 1.04. The Labute approximate surface area is 105 Å². The van der Waals surface area contributed by atoms with Crippen LogP contribution in [0.3, 0.4) is 0 Å². The summed E-state index contributed by atoms with van der Waals surface area (Å²) >= 11 is 1.81. The first-order valence-corrected chi connectivity index (χ1v) is 6.73. The van der Waals surface area contributed by atoms with E-state index in [2.05, 4.69) is 35.0 Å². The summed E-state index contributed by atoms with van der Waals surface area (Å²) in [5.74, 6) is 1.06. The average Bonchev–Trinajstić information content (AvgIpc) is 2.96. The van der Waals surface area contributed by atoms with Gasteiger partial charge in [-0.05, 0) is 53.4 Å². The zero-order chi connectivity index (χ0) is 11.7. The van der Waals surface area contributed by atoms with Crippen molar-refractivity contribution in [3.05, 3.63) is 40.8 Å². The molecule has 1 aromatic carbocycles. The summed E-state index contributed by atoms with van der Waals surface area (Å²) in [6, 6.07) is 8.77. The lowest BCUT2D eigenvalue weighted by atomic mass is 10.1. The Morgan fingerprint density at radius 3 is 3.18 bits per heavy atom. The van der Waals surface area contributed by atoms with Crippen LogP contribution in [0.1, 0.15) is 11.1 Å². The minimum Gasteiger partial charge on any atom is -0.493 e. The summed E-state index contributed by atoms with van der Waals surface area (Å²) in [7, 11) is 1.98. The predicted molar refractivity (Wildman–Crippen MR) is 71.7 cm³/mol. The molecule has 88 valence electrons. The second kappa shape index (κ2) is 4.51. The highest BCUT2D eigenvalue weighted by molar-refractivity contribution is 7.13. The molecule has 3 rings (SSSR count). The first-order chi connectivity index (χ1) is 8.36. The Kier molecular flexibility index (Phi) is 2.87. The summed E-state index contributed by atoms with van der Waals surface area (Å²) in [5, 5.41) is 5.39. The Bertz CT molecular complexity index is 533. The van der Waals surface area contributed by atoms with Crippen molar-refractivity contribution < 1.29 is 4.74 Å². The molecule has 0 saturated carbocycles. The van der Waals surface area contributed by atoms with Crippen LogP contribution in [-0.4, -0.2) is 13.7 Å². The maximum atomic E-state index is 5.53. The molecule has 2 heterocycles. The van der Waals surface area contributed by atoms with E-state index in [1.807, 2.05) is 18.4 Å². The van der Waals surface area contributed by atoms with Crippen LogP contribution in [0.25, 0.3) is 10.4 Å². The SMILES string of the molecule is CNCc1csc(-c2ccc3c(c2)CCO3)c1. The predicted octanol–water partition coefficient (Wildman–Crippen LogP) is 3.07. The molecule has 2 aromatic rings. The number of thiophene rings is 1. The molecule has 0 saturated heterocycles. The highest BCUT2D eigenvalue weighted by Gasteiger charge is 2.13. The smallest absolute Gasteiger partial charge is 0.122 e. The molecule has 0 amide bonds. The molecule has 0 unspecified atom stereocenters. The fourth-order valence-electron chi connectivity index (χ4n) is 2.16. The number of ether oxygens (including phenoxy) is 1. The van der Waals surface area contributed by atoms with E-state index in [0.717, 1.165) is 25.3 Å². The topological polar surface area (TPSA) is 21.3 Å². The van der Waals surface area contributed by atoms with Gasteiger partial charge in [-0.3, -0.25) is 0 Å². The van der Waals surface area contributed by atoms with Gasteiger partial charge in [0, 0.05) is 17.8 Å². The molecule has 0 radical (unpaired) electrons. The van der Waals surface area contributed by atoms with Gasteiger partial charge in [0.1, 0.15) is 5.75 Å². The van der Waals surface area contributed by atoms with Crippen LogP contribution >= 0.6 is 11.3 Å². The highest BCUT2D eigenvalue weighted by atomic mass is 32.1. The van der Waals surface area contributed by atoms with E-state index in [4.69, 9.17) is 4.74 Å². The van der Waals surface area contributed by atoms with E-state index >= 15 is 0 Å². The van der Waals surface area contributed by atoms with Gasteiger partial charge >= 0.3 is 0 Å². The van der Waals surface area contributed by atoms with E-state index in [9.17, 15) is 0 Å². The molecule has 0 atom stereocenters. The zero-order valence-corrected chi connectivity index (χ0v) is 10.6. The molecule has 1 aliphatic heterocycles. The Morgan fingerprint density at radius 2 is 2.29 bits per heavy atom. The van der Waals surface area contributed by atoms with Crippen LogP contribution in [-0.2, 0) is 13.0 Å². The summed E-state index contributed by atoms with van der Waals surface area (Å²) < 4.78 is 5.53. The zero-order valence-electron chi connectivity index (χ0n) is 9.82. The van der Waals surface area contributed by atoms with Crippen molar-refractivity contribution in [1.82, 2.24) is 5.32 Å². The van der Waals surface area contributed by atoms with Gasteiger partial charge in [-0.15, -0.1) is 11.3 Å². The van der Waals surface area contributed by atoms with Gasteiger partial charge in [0.15, 0.2) is 0 Å². The minimum atomic E-state index is 0.828. The minimum absolute atomic E-state index is 0.828. The molecule has 0 bridgehead atoms. The van der Waals surface area contributed by atoms with Gasteiger partial charge in [-0.2, -0.15) is 0 Å². The van der Waals surface area contributed by atoms with Crippen molar-refractivity contribution >= 4 is 11.3 Å². The standard InChI is InChI=1S/C14H15NOS/c1-15-8-10-6-14(17-9-10)12-2-3-13-11(7-12)4-5-16-13/h2-3,6-7,9,15H,4-5,8H2,1H3. The van der Waals surface area contributed by atoms with Gasteiger partial charge in [-0.1, -0.05) is 0 Å². The Balaban J connectivity index is 1.92. The third kappa shape index (κ3) is 2.08. The molecule has 1 aromatic heterocycles. The number of rotatable bonds is 3. The number of fused-ring (bicyclic) bond motifs is 1. The molecule has 0 aliphatic carbocycles. The molecule has 1 aliphatic rings. The fourth-order valence-corrected chi connectivity index (χ4v) is 3.08. The van der Waals surface area contributed by atoms with Gasteiger partial charge in [0.2, 0.25) is 0 Å². The van der Waals surface area contributed by atoms with E-state index in [-0.39, 0.29) is 0 Å². The Morgan fingerprint density at radius 1 is 1.35 bits per heavy atom. The number of hydrogen-bond donors (Lipinski definition) is 1. The van der Waals surface area contributed by atoms with Crippen molar-refractivity contribution in [2.24, 2.45) is 0 Å². The molecular formula is C14H15NOS. The molecule has 2 nitrogen and oxygen atoms in total. The molecule has 17 heavy (non-hydrogen) atoms. The first-order valence-electron chi connectivity index (χ1n) is 5.85. The normalized spacial score (nSPS) is 13.5. The maximum absolute atomic E-state index is 5.53. The number of benzene rings is 1. The van der Waals surface area contributed by atoms with Crippen molar-refractivity contribution in [2.75, 3.05) is 13.7 Å². The summed E-state index contributed by atoms with van der Waals surface area (Å²) in [4.78, 5) is 1.34. The summed E-state index contributed by atoms with van der Waals surface area (Å²) in [6.45, 7) is 1.76. The lowest BCUT2D eigenvalue weighted by Crippen LogP contribution is -2.03. The van der Waals surface area contributed by atoms with Gasteiger partial charge in [0.05, 0.1) is 6.61 Å². The van der Waals surface area contributed by atoms with E-state index in [1.165, 1.54) is 21.6 Å². The van der Waals surface area contributed by atoms with Crippen molar-refractivity contribution in [2.45, 2.75) is 13.0 Å². The lowest BCUT2D eigenvalue weighted by molar-refractivity contribution is 0.357. The van der Waals surface area contributed by atoms with Gasteiger partial charge in [0.25, 0.3) is 0 Å². The van der Waals surface area contributed by atoms with Gasteiger partial charge < -0.3 is 10.1 Å². The number of nitrogens with one attached hydrogen (secondary N) is 1. The molecule has 0 spiro atoms. The van der Waals surface area contributed by atoms with Crippen molar-refractivity contribution in [3.63, 3.8) is 0 Å². The van der Waals surface area contributed by atoms with Crippen LogP contribution in [0.15, 0.2) is 29.6 Å². The lowest BCUT2D eigenvalue weighted by Gasteiger charge is -2.01. The highest BCUT2D eigenvalue weighted by Crippen LogP contribution is 2.33. The van der Waals surface area contributed by atoms with Crippen LogP contribution < -0.4 is 10.1 Å². The molecule has 3 heteroatoms. The van der Waals surface area contributed by atoms with Gasteiger partial charge in [-0.25, -0.2) is 0 Å². The maximum Gasteiger partial charge on any atom is 0.122 e. The first kappa shape index (κ1) is 10.8. The van der Waals surface area contributed by atoms with E-state index in [0.29, 0.717) is 0 Å². The van der Waals surface area contributed by atoms with Crippen LogP contribution in [0.2, 0.25) is 0 Å². The third-order valence-electron chi connectivity index (χ3n) is 3.01. The average molecular weight is 245 g/mol. The quantitative estimate of drug-likeness (QED) is 0.897. The van der Waals surface area contributed by atoms with Crippen molar-refractivity contribution in [1.29, 1.82) is 0 Å². The number of hydrogen-bond acceptors (Lipinski definition) is 3. The monoisotopic (exact) mass is 245 g/mol. The largest absolute Gasteiger partial charge is 0.493 e. The molecule has 1 N–H and O–H groups in total. The van der Waals surface area contributed by atoms with E-state index in [1.54, 1.807) is 0 Å². The summed E-state index contributed by atoms with van der Waals surface area (Å²) in [5.41, 5.74) is 4.00. The fraction of sp³-hybridized carbons (Fsp3) is 0.286. The van der Waals surface area contributed by atoms with Crippen molar-refractivity contribution in [3.8, 4) is 16.2 Å².